The maximum absolute atomic E-state index is 10.0. The summed E-state index contributed by atoms with van der Waals surface area (Å²) >= 11 is 0. The zero-order chi connectivity index (χ0) is 14.0. The normalized spacial score (nSPS) is 29.5. The number of ether oxygens (including phenoxy) is 3. The molecule has 108 valence electrons. The van der Waals surface area contributed by atoms with Crippen LogP contribution in [-0.2, 0) is 14.2 Å². The highest BCUT2D eigenvalue weighted by atomic mass is 16.8. The molecule has 0 aromatic carbocycles. The van der Waals surface area contributed by atoms with Gasteiger partial charge in [0.05, 0.1) is 19.3 Å². The molecule has 3 unspecified atom stereocenters. The fraction of sp³-hybridized carbons (Fsp3) is 1.00. The van der Waals surface area contributed by atoms with Crippen molar-refractivity contribution >= 4 is 0 Å². The van der Waals surface area contributed by atoms with Crippen LogP contribution >= 0.6 is 0 Å². The first-order chi connectivity index (χ1) is 8.14. The summed E-state index contributed by atoms with van der Waals surface area (Å²) in [6.07, 6.45) is -1.65. The Balaban J connectivity index is 2.43. The van der Waals surface area contributed by atoms with Crippen LogP contribution in [0.3, 0.4) is 0 Å². The largest absolute Gasteiger partial charge is 0.394 e. The van der Waals surface area contributed by atoms with Gasteiger partial charge in [0.15, 0.2) is 11.6 Å². The molecule has 0 bridgehead atoms. The van der Waals surface area contributed by atoms with Gasteiger partial charge in [0.2, 0.25) is 0 Å². The van der Waals surface area contributed by atoms with E-state index in [0.29, 0.717) is 6.42 Å². The molecule has 0 aromatic rings. The van der Waals surface area contributed by atoms with Gasteiger partial charge in [-0.2, -0.15) is 0 Å². The van der Waals surface area contributed by atoms with Crippen LogP contribution in [0, 0.1) is 0 Å². The summed E-state index contributed by atoms with van der Waals surface area (Å²) in [7, 11) is 0. The highest BCUT2D eigenvalue weighted by Gasteiger charge is 2.44. The molecule has 1 aliphatic heterocycles. The van der Waals surface area contributed by atoms with Crippen molar-refractivity contribution in [2.24, 2.45) is 0 Å². The molecule has 3 N–H and O–H groups in total. The third kappa shape index (κ3) is 4.79. The van der Waals surface area contributed by atoms with Crippen molar-refractivity contribution in [2.75, 3.05) is 13.2 Å². The molecule has 0 amide bonds. The summed E-state index contributed by atoms with van der Waals surface area (Å²) in [6, 6.07) is 0. The summed E-state index contributed by atoms with van der Waals surface area (Å²) in [5, 5.41) is 28.6. The smallest absolute Gasteiger partial charge is 0.164 e. The van der Waals surface area contributed by atoms with Crippen LogP contribution in [-0.4, -0.2) is 58.4 Å². The van der Waals surface area contributed by atoms with Gasteiger partial charge in [-0.3, -0.25) is 0 Å². The van der Waals surface area contributed by atoms with Gasteiger partial charge in [0.25, 0.3) is 0 Å². The van der Waals surface area contributed by atoms with Gasteiger partial charge < -0.3 is 29.5 Å². The van der Waals surface area contributed by atoms with Crippen molar-refractivity contribution in [2.45, 2.75) is 64.0 Å². The standard InChI is InChI=1S/C12H24O6/c1-11(2,15)16-6-5-8(14)10-9(7-13)17-12(3,4)18-10/h8-10,13-15H,5-7H2,1-4H3. The van der Waals surface area contributed by atoms with Crippen molar-refractivity contribution in [1.82, 2.24) is 0 Å². The van der Waals surface area contributed by atoms with Crippen LogP contribution in [0.4, 0.5) is 0 Å². The number of aliphatic hydroxyl groups is 3. The number of hydrogen-bond donors (Lipinski definition) is 3. The minimum atomic E-state index is -1.22. The molecule has 3 atom stereocenters. The summed E-state index contributed by atoms with van der Waals surface area (Å²) in [5.74, 6) is -2.03. The fourth-order valence-electron chi connectivity index (χ4n) is 1.92. The van der Waals surface area contributed by atoms with Gasteiger partial charge in [0.1, 0.15) is 12.2 Å². The Morgan fingerprint density at radius 3 is 2.44 bits per heavy atom. The first-order valence-electron chi connectivity index (χ1n) is 6.15. The van der Waals surface area contributed by atoms with Gasteiger partial charge in [-0.25, -0.2) is 0 Å². The van der Waals surface area contributed by atoms with E-state index < -0.39 is 29.9 Å². The Morgan fingerprint density at radius 1 is 1.33 bits per heavy atom. The first-order valence-corrected chi connectivity index (χ1v) is 6.15. The van der Waals surface area contributed by atoms with E-state index in [4.69, 9.17) is 14.2 Å². The molecule has 1 aliphatic rings. The molecule has 0 aliphatic carbocycles. The quantitative estimate of drug-likeness (QED) is 0.585. The molecule has 1 fully saturated rings. The summed E-state index contributed by atoms with van der Waals surface area (Å²) in [5.41, 5.74) is 0. The number of hydrogen-bond acceptors (Lipinski definition) is 6. The third-order valence-corrected chi connectivity index (χ3v) is 2.65. The van der Waals surface area contributed by atoms with E-state index >= 15 is 0 Å². The molecule has 0 spiro atoms. The second kappa shape index (κ2) is 5.81. The average Bonchev–Trinajstić information content (AvgIpc) is 2.52. The molecule has 1 rings (SSSR count). The van der Waals surface area contributed by atoms with Crippen LogP contribution < -0.4 is 0 Å². The third-order valence-electron chi connectivity index (χ3n) is 2.65. The van der Waals surface area contributed by atoms with E-state index in [-0.39, 0.29) is 13.2 Å². The zero-order valence-electron chi connectivity index (χ0n) is 11.4. The number of aliphatic hydroxyl groups excluding tert-OH is 2. The van der Waals surface area contributed by atoms with Gasteiger partial charge >= 0.3 is 0 Å². The Morgan fingerprint density at radius 2 is 1.94 bits per heavy atom. The SMILES string of the molecule is CC(C)(O)OCCC(O)C1OC(C)(C)OC1CO. The van der Waals surface area contributed by atoms with Crippen molar-refractivity contribution < 1.29 is 29.5 Å². The highest BCUT2D eigenvalue weighted by Crippen LogP contribution is 2.30. The summed E-state index contributed by atoms with van der Waals surface area (Å²) in [6.45, 7) is 6.49. The first kappa shape index (κ1) is 15.8. The lowest BCUT2D eigenvalue weighted by Gasteiger charge is -2.23. The van der Waals surface area contributed by atoms with Gasteiger partial charge in [-0.15, -0.1) is 0 Å². The van der Waals surface area contributed by atoms with Crippen LogP contribution in [0.1, 0.15) is 34.1 Å². The van der Waals surface area contributed by atoms with Crippen molar-refractivity contribution in [3.8, 4) is 0 Å². The Kier molecular flexibility index (Phi) is 5.11. The minimum Gasteiger partial charge on any atom is -0.394 e. The van der Waals surface area contributed by atoms with Crippen LogP contribution in [0.2, 0.25) is 0 Å². The number of rotatable bonds is 6. The summed E-state index contributed by atoms with van der Waals surface area (Å²) < 4.78 is 16.1. The topological polar surface area (TPSA) is 88.4 Å². The lowest BCUT2D eigenvalue weighted by molar-refractivity contribution is -0.185. The molecule has 6 heteroatoms. The van der Waals surface area contributed by atoms with Crippen LogP contribution in [0.15, 0.2) is 0 Å². The van der Waals surface area contributed by atoms with Gasteiger partial charge in [-0.1, -0.05) is 0 Å². The fourth-order valence-corrected chi connectivity index (χ4v) is 1.92. The van der Waals surface area contributed by atoms with E-state index in [2.05, 4.69) is 0 Å². The lowest BCUT2D eigenvalue weighted by atomic mass is 10.1. The zero-order valence-corrected chi connectivity index (χ0v) is 11.4. The van der Waals surface area contributed by atoms with Crippen molar-refractivity contribution in [3.63, 3.8) is 0 Å². The van der Waals surface area contributed by atoms with Crippen molar-refractivity contribution in [1.29, 1.82) is 0 Å². The second-order valence-corrected chi connectivity index (χ2v) is 5.47. The summed E-state index contributed by atoms with van der Waals surface area (Å²) in [4.78, 5) is 0. The maximum atomic E-state index is 10.0. The average molecular weight is 264 g/mol. The molecule has 18 heavy (non-hydrogen) atoms. The predicted molar refractivity (Wildman–Crippen MR) is 63.8 cm³/mol. The van der Waals surface area contributed by atoms with Gasteiger partial charge in [-0.05, 0) is 34.1 Å². The van der Waals surface area contributed by atoms with Crippen LogP contribution in [0.5, 0.6) is 0 Å². The second-order valence-electron chi connectivity index (χ2n) is 5.47. The predicted octanol–water partition coefficient (Wildman–Crippen LogP) is -0.00520. The molecular weight excluding hydrogens is 240 g/mol. The van der Waals surface area contributed by atoms with E-state index in [0.717, 1.165) is 0 Å². The molecular formula is C12H24O6. The maximum Gasteiger partial charge on any atom is 0.164 e. The van der Waals surface area contributed by atoms with E-state index in [9.17, 15) is 15.3 Å². The van der Waals surface area contributed by atoms with Crippen LogP contribution in [0.25, 0.3) is 0 Å². The van der Waals surface area contributed by atoms with E-state index in [1.165, 1.54) is 13.8 Å². The Hall–Kier alpha value is -0.240. The Labute approximate surface area is 107 Å². The molecule has 0 aromatic heterocycles. The lowest BCUT2D eigenvalue weighted by Crippen LogP contribution is -2.38. The molecule has 6 nitrogen and oxygen atoms in total. The van der Waals surface area contributed by atoms with Gasteiger partial charge in [0, 0.05) is 0 Å². The Bertz CT molecular complexity index is 260. The van der Waals surface area contributed by atoms with E-state index in [1.807, 2.05) is 0 Å². The van der Waals surface area contributed by atoms with E-state index in [1.54, 1.807) is 13.8 Å². The monoisotopic (exact) mass is 264 g/mol. The molecule has 1 saturated heterocycles. The molecule has 0 radical (unpaired) electrons. The van der Waals surface area contributed by atoms with Crippen molar-refractivity contribution in [3.05, 3.63) is 0 Å². The minimum absolute atomic E-state index is 0.198. The molecule has 1 heterocycles. The highest BCUT2D eigenvalue weighted by molar-refractivity contribution is 4.86. The molecule has 0 saturated carbocycles.